The van der Waals surface area contributed by atoms with Crippen molar-refractivity contribution >= 4 is 34.7 Å². The van der Waals surface area contributed by atoms with Gasteiger partial charge in [0.05, 0.1) is 29.6 Å². The Morgan fingerprint density at radius 2 is 1.96 bits per heavy atom. The van der Waals surface area contributed by atoms with Crippen LogP contribution in [0, 0.1) is 0 Å². The zero-order valence-corrected chi connectivity index (χ0v) is 15.5. The second-order valence-corrected chi connectivity index (χ2v) is 6.37. The fourth-order valence-corrected chi connectivity index (χ4v) is 3.15. The molecule has 0 amide bonds. The number of anilines is 2. The molecule has 2 aromatic heterocycles. The van der Waals surface area contributed by atoms with Gasteiger partial charge in [-0.25, -0.2) is 14.8 Å². The number of aromatic carboxylic acids is 1. The molecule has 4 aromatic rings. The molecule has 7 nitrogen and oxygen atoms in total. The molecule has 0 fully saturated rings. The summed E-state index contributed by atoms with van der Waals surface area (Å²) in [5.74, 6) is 0.235. The van der Waals surface area contributed by atoms with Crippen molar-refractivity contribution in [2.45, 2.75) is 0 Å². The first-order valence-corrected chi connectivity index (χ1v) is 8.71. The Morgan fingerprint density at radius 1 is 1.18 bits per heavy atom. The average Bonchev–Trinajstić information content (AvgIpc) is 3.13. The molecule has 0 atom stereocenters. The van der Waals surface area contributed by atoms with E-state index in [4.69, 9.17) is 21.4 Å². The number of nitrogens with one attached hydrogen (secondary N) is 1. The fraction of sp³-hybridized carbons (Fsp3) is 0.0500. The van der Waals surface area contributed by atoms with Crippen molar-refractivity contribution in [3.8, 4) is 17.0 Å². The van der Waals surface area contributed by atoms with Crippen molar-refractivity contribution < 1.29 is 14.6 Å². The second-order valence-electron chi connectivity index (χ2n) is 5.97. The third kappa shape index (κ3) is 3.23. The minimum absolute atomic E-state index is 0.0426. The highest BCUT2D eigenvalue weighted by molar-refractivity contribution is 6.33. The first-order valence-electron chi connectivity index (χ1n) is 8.33. The van der Waals surface area contributed by atoms with Gasteiger partial charge in [-0.15, -0.1) is 0 Å². The summed E-state index contributed by atoms with van der Waals surface area (Å²) in [5.41, 5.74) is 3.18. The predicted molar refractivity (Wildman–Crippen MR) is 107 cm³/mol. The summed E-state index contributed by atoms with van der Waals surface area (Å²) in [4.78, 5) is 19.9. The number of ether oxygens (including phenoxy) is 1. The van der Waals surface area contributed by atoms with Gasteiger partial charge < -0.3 is 15.2 Å². The fourth-order valence-electron chi connectivity index (χ4n) is 2.89. The van der Waals surface area contributed by atoms with Crippen LogP contribution in [0.4, 0.5) is 11.5 Å². The van der Waals surface area contributed by atoms with Crippen LogP contribution in [0.3, 0.4) is 0 Å². The van der Waals surface area contributed by atoms with Crippen molar-refractivity contribution in [3.05, 3.63) is 71.6 Å². The van der Waals surface area contributed by atoms with Gasteiger partial charge in [0.2, 0.25) is 0 Å². The largest absolute Gasteiger partial charge is 0.497 e. The molecule has 8 heteroatoms. The first kappa shape index (κ1) is 17.8. The van der Waals surface area contributed by atoms with Crippen LogP contribution < -0.4 is 10.1 Å². The van der Waals surface area contributed by atoms with E-state index >= 15 is 0 Å². The van der Waals surface area contributed by atoms with Gasteiger partial charge in [0.1, 0.15) is 5.75 Å². The molecule has 0 unspecified atom stereocenters. The lowest BCUT2D eigenvalue weighted by molar-refractivity contribution is 0.0697. The monoisotopic (exact) mass is 394 g/mol. The maximum Gasteiger partial charge on any atom is 0.337 e. The van der Waals surface area contributed by atoms with Crippen LogP contribution in [0.15, 0.2) is 61.1 Å². The van der Waals surface area contributed by atoms with E-state index < -0.39 is 5.97 Å². The van der Waals surface area contributed by atoms with Gasteiger partial charge in [-0.2, -0.15) is 0 Å². The smallest absolute Gasteiger partial charge is 0.337 e. The van der Waals surface area contributed by atoms with Crippen LogP contribution in [0.2, 0.25) is 5.02 Å². The quantitative estimate of drug-likeness (QED) is 0.518. The number of carboxylic acid groups (broad SMARTS) is 1. The number of carboxylic acids is 1. The average molecular weight is 395 g/mol. The normalized spacial score (nSPS) is 10.8. The molecule has 140 valence electrons. The van der Waals surface area contributed by atoms with Crippen LogP contribution in [0.1, 0.15) is 10.4 Å². The highest BCUT2D eigenvalue weighted by Gasteiger charge is 2.13. The molecule has 4 rings (SSSR count). The Balaban J connectivity index is 1.70. The van der Waals surface area contributed by atoms with Gasteiger partial charge in [-0.05, 0) is 42.5 Å². The van der Waals surface area contributed by atoms with E-state index in [9.17, 15) is 4.79 Å². The van der Waals surface area contributed by atoms with Gasteiger partial charge in [-0.3, -0.25) is 4.40 Å². The molecule has 0 aliphatic heterocycles. The zero-order valence-electron chi connectivity index (χ0n) is 14.8. The van der Waals surface area contributed by atoms with Crippen molar-refractivity contribution in [3.63, 3.8) is 0 Å². The summed E-state index contributed by atoms with van der Waals surface area (Å²) in [7, 11) is 1.63. The molecule has 0 bridgehead atoms. The number of methoxy groups -OCH3 is 1. The Morgan fingerprint density at radius 3 is 2.64 bits per heavy atom. The Kier molecular flexibility index (Phi) is 4.58. The molecule has 2 aromatic carbocycles. The zero-order chi connectivity index (χ0) is 19.7. The maximum atomic E-state index is 11.1. The number of imidazole rings is 1. The molecule has 2 N–H and O–H groups in total. The van der Waals surface area contributed by atoms with Crippen LogP contribution in [0.25, 0.3) is 16.9 Å². The highest BCUT2D eigenvalue weighted by atomic mass is 35.5. The minimum Gasteiger partial charge on any atom is -0.497 e. The van der Waals surface area contributed by atoms with E-state index in [1.54, 1.807) is 31.6 Å². The van der Waals surface area contributed by atoms with E-state index in [2.05, 4.69) is 15.3 Å². The van der Waals surface area contributed by atoms with Gasteiger partial charge in [0.25, 0.3) is 0 Å². The third-order valence-corrected chi connectivity index (χ3v) is 4.59. The summed E-state index contributed by atoms with van der Waals surface area (Å²) >= 11 is 6.05. The van der Waals surface area contributed by atoms with Crippen LogP contribution in [0.5, 0.6) is 5.75 Å². The lowest BCUT2D eigenvalue weighted by Crippen LogP contribution is -2.01. The van der Waals surface area contributed by atoms with Gasteiger partial charge in [-0.1, -0.05) is 11.6 Å². The van der Waals surface area contributed by atoms with E-state index in [1.165, 1.54) is 6.07 Å². The summed E-state index contributed by atoms with van der Waals surface area (Å²) in [6.07, 6.45) is 5.26. The van der Waals surface area contributed by atoms with E-state index in [-0.39, 0.29) is 10.6 Å². The number of nitrogens with zero attached hydrogens (tertiary/aromatic N) is 3. The molecular weight excluding hydrogens is 380 g/mol. The predicted octanol–water partition coefficient (Wildman–Crippen LogP) is 4.50. The summed E-state index contributed by atoms with van der Waals surface area (Å²) in [5, 5.41) is 12.4. The number of benzene rings is 2. The Bertz CT molecular complexity index is 1170. The van der Waals surface area contributed by atoms with E-state index in [0.29, 0.717) is 17.2 Å². The number of halogens is 1. The van der Waals surface area contributed by atoms with Crippen molar-refractivity contribution in [1.29, 1.82) is 0 Å². The molecule has 2 heterocycles. The van der Waals surface area contributed by atoms with Crippen LogP contribution in [-0.4, -0.2) is 32.6 Å². The van der Waals surface area contributed by atoms with Crippen molar-refractivity contribution in [2.75, 3.05) is 12.4 Å². The molecule has 0 saturated heterocycles. The molecule has 0 saturated carbocycles. The molecular formula is C20H15ClN4O3. The lowest BCUT2D eigenvalue weighted by Gasteiger charge is -2.09. The number of rotatable bonds is 5. The van der Waals surface area contributed by atoms with E-state index in [1.807, 2.05) is 34.9 Å². The van der Waals surface area contributed by atoms with Crippen molar-refractivity contribution in [1.82, 2.24) is 14.4 Å². The molecule has 0 radical (unpaired) electrons. The first-order chi connectivity index (χ1) is 13.6. The molecule has 0 spiro atoms. The molecule has 28 heavy (non-hydrogen) atoms. The van der Waals surface area contributed by atoms with Crippen molar-refractivity contribution in [2.24, 2.45) is 0 Å². The number of hydrogen-bond donors (Lipinski definition) is 2. The Hall–Kier alpha value is -3.58. The SMILES string of the molecule is COc1ccc(-c2cnc3c(Nc4ccc(C(=O)O)c(Cl)c4)nccn23)cc1. The number of hydrogen-bond acceptors (Lipinski definition) is 5. The maximum absolute atomic E-state index is 11.1. The number of fused-ring (bicyclic) bond motifs is 1. The summed E-state index contributed by atoms with van der Waals surface area (Å²) in [6.45, 7) is 0. The minimum atomic E-state index is -1.07. The lowest BCUT2D eigenvalue weighted by atomic mass is 10.1. The number of aromatic nitrogens is 3. The standard InChI is InChI=1S/C20H15ClN4O3/c1-28-14-5-2-12(3-6-14)17-11-23-19-18(22-8-9-25(17)19)24-13-4-7-15(20(26)27)16(21)10-13/h2-11H,1H3,(H,22,24)(H,26,27). The van der Waals surface area contributed by atoms with Gasteiger partial charge >= 0.3 is 5.97 Å². The van der Waals surface area contributed by atoms with Crippen LogP contribution >= 0.6 is 11.6 Å². The summed E-state index contributed by atoms with van der Waals surface area (Å²) in [6, 6.07) is 12.3. The Labute approximate surface area is 165 Å². The van der Waals surface area contributed by atoms with Gasteiger partial charge in [0, 0.05) is 23.6 Å². The highest BCUT2D eigenvalue weighted by Crippen LogP contribution is 2.28. The number of carbonyl (C=O) groups is 1. The third-order valence-electron chi connectivity index (χ3n) is 4.28. The van der Waals surface area contributed by atoms with Crippen LogP contribution in [-0.2, 0) is 0 Å². The second kappa shape index (κ2) is 7.21. The molecule has 0 aliphatic carbocycles. The van der Waals surface area contributed by atoms with E-state index in [0.717, 1.165) is 17.0 Å². The topological polar surface area (TPSA) is 88.8 Å². The van der Waals surface area contributed by atoms with Gasteiger partial charge in [0.15, 0.2) is 11.5 Å². The summed E-state index contributed by atoms with van der Waals surface area (Å²) < 4.78 is 7.12. The molecule has 0 aliphatic rings.